The third-order valence-corrected chi connectivity index (χ3v) is 0. The molecule has 0 aliphatic carbocycles. The van der Waals surface area contributed by atoms with Gasteiger partial charge >= 0.3 is 0 Å². The molecular formula is C2H6NO3-. The predicted octanol–water partition coefficient (Wildman–Crippen LogP) is 0.787. The first kappa shape index (κ1) is 8.96. The second kappa shape index (κ2) is 8.89. The van der Waals surface area contributed by atoms with Crippen molar-refractivity contribution in [3.05, 3.63) is 15.3 Å². The van der Waals surface area contributed by atoms with E-state index in [0.29, 0.717) is 0 Å². The standard InChI is InChI=1S/C2H6.NO3/c1-2;2-1(3)4/h1-2H3;/q;-1. The van der Waals surface area contributed by atoms with Crippen LogP contribution < -0.4 is 0 Å². The van der Waals surface area contributed by atoms with Crippen LogP contribution >= 0.6 is 0 Å². The van der Waals surface area contributed by atoms with Gasteiger partial charge in [0.2, 0.25) is 0 Å². The molecular weight excluding hydrogens is 86.0 g/mol. The summed E-state index contributed by atoms with van der Waals surface area (Å²) in [6.45, 7) is 4.00. The molecule has 0 saturated heterocycles. The zero-order valence-corrected chi connectivity index (χ0v) is 3.67. The van der Waals surface area contributed by atoms with Crippen molar-refractivity contribution >= 4 is 0 Å². The summed E-state index contributed by atoms with van der Waals surface area (Å²) < 4.78 is 0. The SMILES string of the molecule is CC.O=[N+]([O-])[O-]. The topological polar surface area (TPSA) is 66.2 Å². The lowest BCUT2D eigenvalue weighted by Crippen LogP contribution is -1.74. The minimum absolute atomic E-state index is 1.75. The Hall–Kier alpha value is -0.800. The molecule has 6 heavy (non-hydrogen) atoms. The van der Waals surface area contributed by atoms with E-state index in [2.05, 4.69) is 0 Å². The van der Waals surface area contributed by atoms with Gasteiger partial charge in [-0.3, -0.25) is 0 Å². The first-order chi connectivity index (χ1) is 2.73. The molecule has 0 fully saturated rings. The second-order valence-electron chi connectivity index (χ2n) is 0.224. The molecule has 0 radical (unpaired) electrons. The normalized spacial score (nSPS) is 5.00. The van der Waals surface area contributed by atoms with Gasteiger partial charge in [-0.15, -0.1) is 0 Å². The third kappa shape index (κ3) is 24.2. The van der Waals surface area contributed by atoms with Crippen LogP contribution in [-0.2, 0) is 0 Å². The van der Waals surface area contributed by atoms with Crippen LogP contribution in [0.2, 0.25) is 0 Å². The molecule has 0 aromatic rings. The molecule has 0 heterocycles. The van der Waals surface area contributed by atoms with E-state index in [1.165, 1.54) is 0 Å². The van der Waals surface area contributed by atoms with E-state index in [-0.39, 0.29) is 0 Å². The summed E-state index contributed by atoms with van der Waals surface area (Å²) in [6.07, 6.45) is 0. The predicted molar refractivity (Wildman–Crippen MR) is 21.7 cm³/mol. The molecule has 0 atom stereocenters. The molecule has 0 bridgehead atoms. The smallest absolute Gasteiger partial charge is 0.0689 e. The fraction of sp³-hybridized carbons (Fsp3) is 1.00. The van der Waals surface area contributed by atoms with Crippen molar-refractivity contribution in [2.45, 2.75) is 13.8 Å². The van der Waals surface area contributed by atoms with Crippen LogP contribution in [0.25, 0.3) is 0 Å². The Labute approximate surface area is 35.5 Å². The van der Waals surface area contributed by atoms with Crippen molar-refractivity contribution < 1.29 is 5.09 Å². The molecule has 4 heteroatoms. The summed E-state index contributed by atoms with van der Waals surface area (Å²) >= 11 is 0. The summed E-state index contributed by atoms with van der Waals surface area (Å²) in [7, 11) is 0. The summed E-state index contributed by atoms with van der Waals surface area (Å²) in [6, 6.07) is 0. The van der Waals surface area contributed by atoms with Gasteiger partial charge in [-0.1, -0.05) is 13.8 Å². The molecule has 38 valence electrons. The number of hydrogen-bond acceptors (Lipinski definition) is 3. The Bertz CT molecular complexity index is 31.8. The number of nitrogens with zero attached hydrogens (tertiary/aromatic N) is 1. The van der Waals surface area contributed by atoms with Crippen LogP contribution in [0.4, 0.5) is 0 Å². The lowest BCUT2D eigenvalue weighted by Gasteiger charge is -1.74. The van der Waals surface area contributed by atoms with Crippen molar-refractivity contribution in [2.24, 2.45) is 0 Å². The zero-order chi connectivity index (χ0) is 5.58. The summed E-state index contributed by atoms with van der Waals surface area (Å²) in [5, 5.41) is 14.8. The Morgan fingerprint density at radius 2 is 1.33 bits per heavy atom. The van der Waals surface area contributed by atoms with E-state index in [0.717, 1.165) is 0 Å². The van der Waals surface area contributed by atoms with E-state index in [4.69, 9.17) is 15.3 Å². The first-order valence-electron chi connectivity index (χ1n) is 1.55. The molecule has 4 nitrogen and oxygen atoms in total. The highest BCUT2D eigenvalue weighted by Crippen LogP contribution is 1.44. The van der Waals surface area contributed by atoms with Gasteiger partial charge in [0.1, 0.15) is 0 Å². The maximum atomic E-state index is 8.25. The lowest BCUT2D eigenvalue weighted by atomic mass is 11.0. The molecule has 0 spiro atoms. The van der Waals surface area contributed by atoms with Crippen molar-refractivity contribution in [3.63, 3.8) is 0 Å². The fourth-order valence-corrected chi connectivity index (χ4v) is 0. The highest BCUT2D eigenvalue weighted by Gasteiger charge is 1.45. The van der Waals surface area contributed by atoms with E-state index in [9.17, 15) is 0 Å². The van der Waals surface area contributed by atoms with Crippen LogP contribution in [0.1, 0.15) is 13.8 Å². The van der Waals surface area contributed by atoms with Gasteiger partial charge in [0, 0.05) is 0 Å². The third-order valence-electron chi connectivity index (χ3n) is 0. The van der Waals surface area contributed by atoms with Gasteiger partial charge in [-0.2, -0.15) is 0 Å². The van der Waals surface area contributed by atoms with Crippen LogP contribution in [-0.4, -0.2) is 5.09 Å². The molecule has 0 rings (SSSR count). The van der Waals surface area contributed by atoms with E-state index >= 15 is 0 Å². The maximum Gasteiger partial charge on any atom is 0.0689 e. The maximum absolute atomic E-state index is 8.25. The molecule has 0 aromatic carbocycles. The Kier molecular flexibility index (Phi) is 13.3. The van der Waals surface area contributed by atoms with Crippen LogP contribution in [0, 0.1) is 15.3 Å². The summed E-state index contributed by atoms with van der Waals surface area (Å²) in [5.74, 6) is 0. The summed E-state index contributed by atoms with van der Waals surface area (Å²) in [5.41, 5.74) is 0. The fourth-order valence-electron chi connectivity index (χ4n) is 0. The molecule has 0 saturated carbocycles. The molecule has 0 amide bonds. The average Bonchev–Trinajstić information content (AvgIpc) is 1.41. The molecule has 0 unspecified atom stereocenters. The highest BCUT2D eigenvalue weighted by atomic mass is 16.9. The largest absolute Gasteiger partial charge is 0.356 e. The van der Waals surface area contributed by atoms with Gasteiger partial charge in [-0.05, 0) is 0 Å². The number of rotatable bonds is 0. The van der Waals surface area contributed by atoms with E-state index in [1.807, 2.05) is 13.8 Å². The quantitative estimate of drug-likeness (QED) is 0.327. The van der Waals surface area contributed by atoms with Crippen molar-refractivity contribution in [2.75, 3.05) is 0 Å². The van der Waals surface area contributed by atoms with Crippen LogP contribution in [0.15, 0.2) is 0 Å². The van der Waals surface area contributed by atoms with Gasteiger partial charge in [0.05, 0.1) is 5.09 Å². The van der Waals surface area contributed by atoms with Crippen molar-refractivity contribution in [1.29, 1.82) is 0 Å². The number of hydrogen-bond donors (Lipinski definition) is 0. The van der Waals surface area contributed by atoms with Gasteiger partial charge < -0.3 is 15.3 Å². The van der Waals surface area contributed by atoms with Crippen molar-refractivity contribution in [1.82, 2.24) is 0 Å². The van der Waals surface area contributed by atoms with E-state index < -0.39 is 5.09 Å². The van der Waals surface area contributed by atoms with Crippen LogP contribution in [0.3, 0.4) is 0 Å². The van der Waals surface area contributed by atoms with Crippen molar-refractivity contribution in [3.8, 4) is 0 Å². The van der Waals surface area contributed by atoms with Crippen LogP contribution in [0.5, 0.6) is 0 Å². The Balaban J connectivity index is 0. The Morgan fingerprint density at radius 3 is 1.33 bits per heavy atom. The molecule has 0 N–H and O–H groups in total. The summed E-state index contributed by atoms with van der Waals surface area (Å²) in [4.78, 5) is 8.25. The lowest BCUT2D eigenvalue weighted by molar-refractivity contribution is -0.402. The average molecular weight is 92.1 g/mol. The molecule has 0 aromatic heterocycles. The minimum Gasteiger partial charge on any atom is -0.356 e. The highest BCUT2D eigenvalue weighted by molar-refractivity contribution is 4.03. The molecule has 0 aliphatic rings. The Morgan fingerprint density at radius 1 is 1.33 bits per heavy atom. The zero-order valence-electron chi connectivity index (χ0n) is 3.67. The van der Waals surface area contributed by atoms with Gasteiger partial charge in [-0.25, -0.2) is 0 Å². The monoisotopic (exact) mass is 92.0 g/mol. The first-order valence-corrected chi connectivity index (χ1v) is 1.55. The van der Waals surface area contributed by atoms with Gasteiger partial charge in [0.25, 0.3) is 0 Å². The van der Waals surface area contributed by atoms with Gasteiger partial charge in [0.15, 0.2) is 0 Å². The van der Waals surface area contributed by atoms with E-state index in [1.54, 1.807) is 0 Å². The molecule has 0 aliphatic heterocycles. The second-order valence-corrected chi connectivity index (χ2v) is 0.224. The minimum atomic E-state index is -1.75.